The molecule has 2 N–H and O–H groups in total. The maximum absolute atomic E-state index is 12.0. The summed E-state index contributed by atoms with van der Waals surface area (Å²) in [5, 5.41) is 5.57. The van der Waals surface area contributed by atoms with Gasteiger partial charge >= 0.3 is 24.1 Å². The van der Waals surface area contributed by atoms with E-state index in [4.69, 9.17) is 18.9 Å². The number of esters is 2. The summed E-state index contributed by atoms with van der Waals surface area (Å²) in [5.74, 6) is 0.982. The summed E-state index contributed by atoms with van der Waals surface area (Å²) in [7, 11) is 0. The summed E-state index contributed by atoms with van der Waals surface area (Å²) < 4.78 is 20.1. The number of hydrogen-bond acceptors (Lipinski definition) is 8. The number of nitrogens with one attached hydrogen (secondary N) is 2. The molecule has 2 amide bonds. The van der Waals surface area contributed by atoms with Crippen LogP contribution >= 0.6 is 0 Å². The van der Waals surface area contributed by atoms with Crippen molar-refractivity contribution in [3.63, 3.8) is 0 Å². The lowest BCUT2D eigenvalue weighted by Crippen LogP contribution is -2.36. The molecule has 2 bridgehead atoms. The number of hydrogen-bond donors (Lipinski definition) is 2. The third kappa shape index (κ3) is 9.07. The average molecular weight is 481 g/mol. The van der Waals surface area contributed by atoms with E-state index < -0.39 is 36.3 Å². The van der Waals surface area contributed by atoms with Gasteiger partial charge in [-0.3, -0.25) is 0 Å². The Labute approximate surface area is 200 Å². The van der Waals surface area contributed by atoms with E-state index in [0.717, 1.165) is 37.8 Å². The first kappa shape index (κ1) is 27.2. The van der Waals surface area contributed by atoms with Crippen molar-refractivity contribution in [1.82, 2.24) is 10.6 Å². The standard InChI is InChI=1S/C24H36N2O8/c1-5-21(27)31-13-16(4)34-24(30)26-12-20-11-18-10-19(20)9-17(18)7-8-25-23(29)32-14-15(3)33-22(28)6-2/h5-6,15-20H,1-2,7-14H2,3-4H3,(H,25,29)(H,26,30). The van der Waals surface area contributed by atoms with E-state index in [1.165, 1.54) is 0 Å². The number of ether oxygens (including phenoxy) is 4. The molecule has 6 atom stereocenters. The second-order valence-electron chi connectivity index (χ2n) is 8.94. The molecule has 0 heterocycles. The van der Waals surface area contributed by atoms with Crippen LogP contribution in [0, 0.1) is 23.7 Å². The maximum Gasteiger partial charge on any atom is 0.407 e. The van der Waals surface area contributed by atoms with Gasteiger partial charge in [-0.2, -0.15) is 0 Å². The first-order valence-corrected chi connectivity index (χ1v) is 11.7. The Morgan fingerprint density at radius 2 is 1.44 bits per heavy atom. The zero-order chi connectivity index (χ0) is 25.1. The molecule has 190 valence electrons. The van der Waals surface area contributed by atoms with Crippen LogP contribution in [0.1, 0.15) is 39.5 Å². The Balaban J connectivity index is 1.56. The van der Waals surface area contributed by atoms with E-state index in [-0.39, 0.29) is 13.2 Å². The van der Waals surface area contributed by atoms with Crippen molar-refractivity contribution in [3.8, 4) is 0 Å². The van der Waals surface area contributed by atoms with Crippen molar-refractivity contribution in [1.29, 1.82) is 0 Å². The molecular formula is C24H36N2O8. The third-order valence-corrected chi connectivity index (χ3v) is 6.31. The summed E-state index contributed by atoms with van der Waals surface area (Å²) in [6, 6.07) is 0. The Bertz CT molecular complexity index is 755. The monoisotopic (exact) mass is 480 g/mol. The van der Waals surface area contributed by atoms with E-state index >= 15 is 0 Å². The van der Waals surface area contributed by atoms with E-state index in [1.54, 1.807) is 13.8 Å². The normalized spacial score (nSPS) is 24.3. The van der Waals surface area contributed by atoms with Gasteiger partial charge < -0.3 is 29.6 Å². The first-order valence-electron chi connectivity index (χ1n) is 11.7. The van der Waals surface area contributed by atoms with E-state index in [1.807, 2.05) is 0 Å². The van der Waals surface area contributed by atoms with Crippen molar-refractivity contribution in [2.45, 2.75) is 51.7 Å². The van der Waals surface area contributed by atoms with Crippen molar-refractivity contribution in [2.75, 3.05) is 26.3 Å². The van der Waals surface area contributed by atoms with Crippen LogP contribution < -0.4 is 10.6 Å². The van der Waals surface area contributed by atoms with E-state index in [0.29, 0.717) is 36.8 Å². The molecule has 2 saturated carbocycles. The van der Waals surface area contributed by atoms with Gasteiger partial charge in [0.25, 0.3) is 0 Å². The third-order valence-electron chi connectivity index (χ3n) is 6.31. The molecule has 0 aliphatic heterocycles. The van der Waals surface area contributed by atoms with E-state index in [2.05, 4.69) is 23.8 Å². The summed E-state index contributed by atoms with van der Waals surface area (Å²) in [6.07, 6.45) is 4.12. The quantitative estimate of drug-likeness (QED) is 0.234. The van der Waals surface area contributed by atoms with Gasteiger partial charge in [-0.1, -0.05) is 13.2 Å². The van der Waals surface area contributed by atoms with Crippen LogP contribution in [-0.4, -0.2) is 62.6 Å². The minimum absolute atomic E-state index is 0.0164. The molecule has 6 unspecified atom stereocenters. The molecule has 2 aliphatic rings. The molecule has 2 fully saturated rings. The molecule has 2 rings (SSSR count). The van der Waals surface area contributed by atoms with Gasteiger partial charge in [0, 0.05) is 25.2 Å². The molecule has 0 spiro atoms. The number of fused-ring (bicyclic) bond motifs is 2. The molecule has 10 heteroatoms. The van der Waals surface area contributed by atoms with Crippen LogP contribution in [-0.2, 0) is 28.5 Å². The number of carbonyl (C=O) groups excluding carboxylic acids is 4. The Morgan fingerprint density at radius 1 is 0.824 bits per heavy atom. The first-order chi connectivity index (χ1) is 16.2. The highest BCUT2D eigenvalue weighted by Crippen LogP contribution is 2.52. The SMILES string of the molecule is C=CC(=O)OCC(C)OC(=O)NCC1CC2CC1CC2CCNC(=O)OCC(C)OC(=O)C=C. The molecule has 10 nitrogen and oxygen atoms in total. The Kier molecular flexibility index (Phi) is 10.9. The summed E-state index contributed by atoms with van der Waals surface area (Å²) in [5.41, 5.74) is 0. The number of alkyl carbamates (subject to hydrolysis) is 2. The fourth-order valence-corrected chi connectivity index (χ4v) is 4.73. The van der Waals surface area contributed by atoms with Crippen molar-refractivity contribution < 1.29 is 38.1 Å². The Hall–Kier alpha value is -3.04. The minimum Gasteiger partial charge on any atom is -0.459 e. The summed E-state index contributed by atoms with van der Waals surface area (Å²) in [4.78, 5) is 46.0. The van der Waals surface area contributed by atoms with Crippen molar-refractivity contribution in [3.05, 3.63) is 25.3 Å². The highest BCUT2D eigenvalue weighted by Gasteiger charge is 2.45. The lowest BCUT2D eigenvalue weighted by atomic mass is 9.80. The fourth-order valence-electron chi connectivity index (χ4n) is 4.73. The van der Waals surface area contributed by atoms with Gasteiger partial charge in [-0.25, -0.2) is 19.2 Å². The second kappa shape index (κ2) is 13.6. The molecule has 2 aliphatic carbocycles. The predicted octanol–water partition coefficient (Wildman–Crippen LogP) is 2.73. The highest BCUT2D eigenvalue weighted by atomic mass is 16.6. The highest BCUT2D eigenvalue weighted by molar-refractivity contribution is 5.81. The van der Waals surface area contributed by atoms with Gasteiger partial charge in [0.2, 0.25) is 0 Å². The molecule has 0 radical (unpaired) electrons. The molecule has 0 aromatic heterocycles. The molecular weight excluding hydrogens is 444 g/mol. The lowest BCUT2D eigenvalue weighted by molar-refractivity contribution is -0.144. The molecule has 0 aromatic rings. The fraction of sp³-hybridized carbons (Fsp3) is 0.667. The molecule has 34 heavy (non-hydrogen) atoms. The lowest BCUT2D eigenvalue weighted by Gasteiger charge is -2.28. The van der Waals surface area contributed by atoms with Gasteiger partial charge in [-0.05, 0) is 63.2 Å². The number of rotatable bonds is 13. The van der Waals surface area contributed by atoms with Crippen LogP contribution in [0.4, 0.5) is 9.59 Å². The Morgan fingerprint density at radius 3 is 2.09 bits per heavy atom. The van der Waals surface area contributed by atoms with Gasteiger partial charge in [0.15, 0.2) is 0 Å². The summed E-state index contributed by atoms with van der Waals surface area (Å²) >= 11 is 0. The van der Waals surface area contributed by atoms with Crippen molar-refractivity contribution in [2.24, 2.45) is 23.7 Å². The minimum atomic E-state index is -0.556. The summed E-state index contributed by atoms with van der Waals surface area (Å²) in [6.45, 7) is 11.0. The maximum atomic E-state index is 12.0. The molecule has 0 aromatic carbocycles. The van der Waals surface area contributed by atoms with Gasteiger partial charge in [0.1, 0.15) is 25.4 Å². The largest absolute Gasteiger partial charge is 0.459 e. The predicted molar refractivity (Wildman–Crippen MR) is 123 cm³/mol. The average Bonchev–Trinajstić information content (AvgIpc) is 3.40. The van der Waals surface area contributed by atoms with Crippen LogP contribution in [0.3, 0.4) is 0 Å². The second-order valence-corrected chi connectivity index (χ2v) is 8.94. The van der Waals surface area contributed by atoms with Gasteiger partial charge in [0.05, 0.1) is 0 Å². The van der Waals surface area contributed by atoms with Crippen LogP contribution in [0.5, 0.6) is 0 Å². The smallest absolute Gasteiger partial charge is 0.407 e. The van der Waals surface area contributed by atoms with Gasteiger partial charge in [-0.15, -0.1) is 0 Å². The van der Waals surface area contributed by atoms with Crippen LogP contribution in [0.2, 0.25) is 0 Å². The number of amides is 2. The van der Waals surface area contributed by atoms with Crippen molar-refractivity contribution >= 4 is 24.1 Å². The topological polar surface area (TPSA) is 129 Å². The molecule has 0 saturated heterocycles. The van der Waals surface area contributed by atoms with Crippen LogP contribution in [0.15, 0.2) is 25.3 Å². The number of carbonyl (C=O) groups is 4. The van der Waals surface area contributed by atoms with E-state index in [9.17, 15) is 19.2 Å². The van der Waals surface area contributed by atoms with Crippen LogP contribution in [0.25, 0.3) is 0 Å². The zero-order valence-electron chi connectivity index (χ0n) is 20.0. The zero-order valence-corrected chi connectivity index (χ0v) is 20.0.